The SMILES string of the molecule is O=C1c2oc3ccc(F)cc3c(=O)c2[C@@H](c2ccccc2)N1Cc1ccco1. The van der Waals surface area contributed by atoms with E-state index >= 15 is 0 Å². The molecule has 1 atom stereocenters. The lowest BCUT2D eigenvalue weighted by Crippen LogP contribution is -2.29. The van der Waals surface area contributed by atoms with Crippen molar-refractivity contribution in [2.75, 3.05) is 0 Å². The van der Waals surface area contributed by atoms with Crippen LogP contribution < -0.4 is 5.43 Å². The highest BCUT2D eigenvalue weighted by molar-refractivity contribution is 5.99. The van der Waals surface area contributed by atoms with E-state index in [1.54, 1.807) is 17.0 Å². The molecule has 138 valence electrons. The maximum Gasteiger partial charge on any atom is 0.291 e. The lowest BCUT2D eigenvalue weighted by molar-refractivity contribution is 0.0701. The van der Waals surface area contributed by atoms with E-state index in [-0.39, 0.29) is 28.8 Å². The number of hydrogen-bond acceptors (Lipinski definition) is 4. The van der Waals surface area contributed by atoms with Gasteiger partial charge < -0.3 is 13.7 Å². The third kappa shape index (κ3) is 2.45. The molecule has 6 heteroatoms. The number of halogens is 1. The van der Waals surface area contributed by atoms with Gasteiger partial charge in [0, 0.05) is 0 Å². The number of carbonyl (C=O) groups excluding carboxylic acids is 1. The van der Waals surface area contributed by atoms with Gasteiger partial charge in [-0.3, -0.25) is 9.59 Å². The van der Waals surface area contributed by atoms with Gasteiger partial charge >= 0.3 is 0 Å². The summed E-state index contributed by atoms with van der Waals surface area (Å²) in [6.45, 7) is 0.180. The monoisotopic (exact) mass is 375 g/mol. The summed E-state index contributed by atoms with van der Waals surface area (Å²) in [5.74, 6) is -0.356. The number of hydrogen-bond donors (Lipinski definition) is 0. The molecule has 1 aliphatic heterocycles. The van der Waals surface area contributed by atoms with E-state index in [0.717, 1.165) is 11.6 Å². The van der Waals surface area contributed by atoms with Gasteiger partial charge in [0.15, 0.2) is 5.43 Å². The molecule has 2 aromatic heterocycles. The number of amides is 1. The fourth-order valence-electron chi connectivity index (χ4n) is 3.71. The number of fused-ring (bicyclic) bond motifs is 2. The van der Waals surface area contributed by atoms with Crippen LogP contribution in [0.2, 0.25) is 0 Å². The Balaban J connectivity index is 1.76. The molecule has 0 bridgehead atoms. The lowest BCUT2D eigenvalue weighted by atomic mass is 9.98. The molecule has 1 amide bonds. The zero-order valence-corrected chi connectivity index (χ0v) is 14.6. The van der Waals surface area contributed by atoms with Crippen LogP contribution in [0.25, 0.3) is 11.0 Å². The second-order valence-electron chi connectivity index (χ2n) is 6.64. The van der Waals surface area contributed by atoms with Gasteiger partial charge in [0.25, 0.3) is 5.91 Å². The Kier molecular flexibility index (Phi) is 3.65. The van der Waals surface area contributed by atoms with E-state index < -0.39 is 23.2 Å². The van der Waals surface area contributed by atoms with Crippen LogP contribution >= 0.6 is 0 Å². The summed E-state index contributed by atoms with van der Waals surface area (Å²) in [7, 11) is 0. The normalized spacial score (nSPS) is 16.0. The molecule has 1 aliphatic rings. The summed E-state index contributed by atoms with van der Waals surface area (Å²) in [5.41, 5.74) is 0.773. The Morgan fingerprint density at radius 2 is 1.82 bits per heavy atom. The molecule has 4 aromatic rings. The number of nitrogens with zero attached hydrogens (tertiary/aromatic N) is 1. The second kappa shape index (κ2) is 6.20. The largest absolute Gasteiger partial charge is 0.467 e. The molecular formula is C22H14FNO4. The minimum absolute atomic E-state index is 0.00971. The number of carbonyl (C=O) groups is 1. The van der Waals surface area contributed by atoms with Crippen molar-refractivity contribution in [3.63, 3.8) is 0 Å². The Morgan fingerprint density at radius 3 is 2.57 bits per heavy atom. The average molecular weight is 375 g/mol. The summed E-state index contributed by atoms with van der Waals surface area (Å²) in [5, 5.41) is 0.118. The molecular weight excluding hydrogens is 361 g/mol. The number of furan rings is 1. The van der Waals surface area contributed by atoms with Crippen LogP contribution in [-0.2, 0) is 6.54 Å². The molecule has 0 unspecified atom stereocenters. The summed E-state index contributed by atoms with van der Waals surface area (Å²) < 4.78 is 24.9. The molecule has 5 nitrogen and oxygen atoms in total. The van der Waals surface area contributed by atoms with Gasteiger partial charge in [-0.05, 0) is 35.9 Å². The molecule has 3 heterocycles. The minimum atomic E-state index is -0.641. The van der Waals surface area contributed by atoms with E-state index in [4.69, 9.17) is 8.83 Å². The molecule has 0 N–H and O–H groups in total. The van der Waals surface area contributed by atoms with Crippen LogP contribution in [-0.4, -0.2) is 10.8 Å². The summed E-state index contributed by atoms with van der Waals surface area (Å²) >= 11 is 0. The van der Waals surface area contributed by atoms with Crippen molar-refractivity contribution < 1.29 is 18.0 Å². The van der Waals surface area contributed by atoms with Crippen molar-refractivity contribution in [1.82, 2.24) is 4.90 Å². The van der Waals surface area contributed by atoms with E-state index in [9.17, 15) is 14.0 Å². The van der Waals surface area contributed by atoms with E-state index in [1.807, 2.05) is 30.3 Å². The van der Waals surface area contributed by atoms with Gasteiger partial charge in [0.05, 0.1) is 29.8 Å². The summed E-state index contributed by atoms with van der Waals surface area (Å²) in [6, 6.07) is 15.8. The zero-order chi connectivity index (χ0) is 19.3. The van der Waals surface area contributed by atoms with Gasteiger partial charge in [0.1, 0.15) is 17.2 Å². The molecule has 0 saturated carbocycles. The minimum Gasteiger partial charge on any atom is -0.467 e. The molecule has 28 heavy (non-hydrogen) atoms. The average Bonchev–Trinajstić information content (AvgIpc) is 3.31. The van der Waals surface area contributed by atoms with Gasteiger partial charge in [-0.15, -0.1) is 0 Å². The molecule has 0 fully saturated rings. The Labute approximate surface area is 158 Å². The van der Waals surface area contributed by atoms with Crippen molar-refractivity contribution in [1.29, 1.82) is 0 Å². The molecule has 0 spiro atoms. The molecule has 0 aliphatic carbocycles. The van der Waals surface area contributed by atoms with Crippen molar-refractivity contribution in [2.24, 2.45) is 0 Å². The number of rotatable bonds is 3. The molecule has 0 radical (unpaired) electrons. The highest BCUT2D eigenvalue weighted by Crippen LogP contribution is 2.39. The van der Waals surface area contributed by atoms with Crippen LogP contribution in [0.1, 0.15) is 33.5 Å². The number of benzene rings is 2. The summed E-state index contributed by atoms with van der Waals surface area (Å²) in [4.78, 5) is 27.9. The Hall–Kier alpha value is -3.67. The molecule has 2 aromatic carbocycles. The van der Waals surface area contributed by atoms with Crippen molar-refractivity contribution >= 4 is 16.9 Å². The van der Waals surface area contributed by atoms with Crippen molar-refractivity contribution in [2.45, 2.75) is 12.6 Å². The van der Waals surface area contributed by atoms with Crippen LogP contribution in [0.5, 0.6) is 0 Å². The third-order valence-electron chi connectivity index (χ3n) is 4.95. The maximum absolute atomic E-state index is 13.7. The predicted octanol–water partition coefficient (Wildman–Crippen LogP) is 4.27. The van der Waals surface area contributed by atoms with Crippen LogP contribution in [0.4, 0.5) is 4.39 Å². The zero-order valence-electron chi connectivity index (χ0n) is 14.6. The smallest absolute Gasteiger partial charge is 0.291 e. The van der Waals surface area contributed by atoms with Gasteiger partial charge in [-0.25, -0.2) is 4.39 Å². The first kappa shape index (κ1) is 16.5. The first-order valence-electron chi connectivity index (χ1n) is 8.78. The summed E-state index contributed by atoms with van der Waals surface area (Å²) in [6.07, 6.45) is 1.53. The Bertz CT molecular complexity index is 1250. The van der Waals surface area contributed by atoms with E-state index in [2.05, 4.69) is 0 Å². The van der Waals surface area contributed by atoms with Crippen LogP contribution in [0, 0.1) is 5.82 Å². The predicted molar refractivity (Wildman–Crippen MR) is 99.3 cm³/mol. The fourth-order valence-corrected chi connectivity index (χ4v) is 3.71. The maximum atomic E-state index is 13.7. The highest BCUT2D eigenvalue weighted by Gasteiger charge is 2.43. The topological polar surface area (TPSA) is 63.7 Å². The third-order valence-corrected chi connectivity index (χ3v) is 4.95. The quantitative estimate of drug-likeness (QED) is 0.536. The van der Waals surface area contributed by atoms with Crippen LogP contribution in [0.15, 0.2) is 80.6 Å². The Morgan fingerprint density at radius 1 is 1.00 bits per heavy atom. The van der Waals surface area contributed by atoms with Crippen LogP contribution in [0.3, 0.4) is 0 Å². The second-order valence-corrected chi connectivity index (χ2v) is 6.64. The fraction of sp³-hybridized carbons (Fsp3) is 0.0909. The molecule has 5 rings (SSSR count). The van der Waals surface area contributed by atoms with E-state index in [0.29, 0.717) is 5.76 Å². The van der Waals surface area contributed by atoms with Gasteiger partial charge in [0.2, 0.25) is 5.76 Å². The van der Waals surface area contributed by atoms with Gasteiger partial charge in [-0.1, -0.05) is 30.3 Å². The van der Waals surface area contributed by atoms with Crippen molar-refractivity contribution in [3.05, 3.63) is 106 Å². The van der Waals surface area contributed by atoms with Crippen molar-refractivity contribution in [3.8, 4) is 0 Å². The first-order chi connectivity index (χ1) is 13.6. The molecule has 0 saturated heterocycles. The highest BCUT2D eigenvalue weighted by atomic mass is 19.1. The van der Waals surface area contributed by atoms with E-state index in [1.165, 1.54) is 18.4 Å². The van der Waals surface area contributed by atoms with Gasteiger partial charge in [-0.2, -0.15) is 0 Å². The lowest BCUT2D eigenvalue weighted by Gasteiger charge is -2.24. The first-order valence-corrected chi connectivity index (χ1v) is 8.78. The standard InChI is InChI=1S/C22H14FNO4/c23-14-8-9-17-16(11-14)20(25)18-19(13-5-2-1-3-6-13)24(22(26)21(18)28-17)12-15-7-4-10-27-15/h1-11,19H,12H2/t19-/m1/s1.